The van der Waals surface area contributed by atoms with Gasteiger partial charge in [-0.1, -0.05) is 20.3 Å². The molecule has 0 bridgehead atoms. The second-order valence-corrected chi connectivity index (χ2v) is 5.87. The number of amides is 1. The van der Waals surface area contributed by atoms with E-state index in [0.29, 0.717) is 24.3 Å². The van der Waals surface area contributed by atoms with Gasteiger partial charge in [0, 0.05) is 17.9 Å². The molecule has 0 saturated heterocycles. The minimum Gasteiger partial charge on any atom is -0.396 e. The molecule has 0 aliphatic heterocycles. The lowest BCUT2D eigenvalue weighted by atomic mass is 9.83. The second kappa shape index (κ2) is 4.97. The van der Waals surface area contributed by atoms with Crippen molar-refractivity contribution < 1.29 is 9.90 Å². The Bertz CT molecular complexity index is 268. The molecule has 3 heteroatoms. The number of rotatable bonds is 6. The SMILES string of the molecule is CCC(CC)(CO)CNC(=O)C1C2CCCC21. The fraction of sp³-hybridized carbons (Fsp3) is 0.929. The lowest BCUT2D eigenvalue weighted by Gasteiger charge is -2.29. The molecule has 0 aromatic heterocycles. The minimum atomic E-state index is -0.111. The lowest BCUT2D eigenvalue weighted by Crippen LogP contribution is -2.40. The third-order valence-electron chi connectivity index (χ3n) is 5.18. The summed E-state index contributed by atoms with van der Waals surface area (Å²) in [4.78, 5) is 12.0. The molecular weight excluding hydrogens is 214 g/mol. The zero-order valence-electron chi connectivity index (χ0n) is 11.0. The van der Waals surface area contributed by atoms with Gasteiger partial charge in [0.2, 0.25) is 5.91 Å². The van der Waals surface area contributed by atoms with E-state index in [2.05, 4.69) is 19.2 Å². The molecule has 3 nitrogen and oxygen atoms in total. The topological polar surface area (TPSA) is 49.3 Å². The van der Waals surface area contributed by atoms with Gasteiger partial charge in [-0.25, -0.2) is 0 Å². The zero-order chi connectivity index (χ0) is 12.5. The average molecular weight is 239 g/mol. The van der Waals surface area contributed by atoms with Crippen molar-refractivity contribution in [1.82, 2.24) is 5.32 Å². The summed E-state index contributed by atoms with van der Waals surface area (Å²) < 4.78 is 0. The van der Waals surface area contributed by atoms with Crippen molar-refractivity contribution in [2.45, 2.75) is 46.0 Å². The van der Waals surface area contributed by atoms with Crippen molar-refractivity contribution >= 4 is 5.91 Å². The van der Waals surface area contributed by atoms with E-state index in [1.54, 1.807) is 0 Å². The van der Waals surface area contributed by atoms with Crippen molar-refractivity contribution in [3.63, 3.8) is 0 Å². The van der Waals surface area contributed by atoms with Crippen molar-refractivity contribution in [3.05, 3.63) is 0 Å². The Morgan fingerprint density at radius 1 is 1.29 bits per heavy atom. The van der Waals surface area contributed by atoms with Crippen molar-refractivity contribution in [1.29, 1.82) is 0 Å². The number of hydrogen-bond donors (Lipinski definition) is 2. The highest BCUT2D eigenvalue weighted by atomic mass is 16.3. The lowest BCUT2D eigenvalue weighted by molar-refractivity contribution is -0.123. The van der Waals surface area contributed by atoms with Crippen LogP contribution in [0.3, 0.4) is 0 Å². The summed E-state index contributed by atoms with van der Waals surface area (Å²) in [5.74, 6) is 1.90. The molecule has 2 N–H and O–H groups in total. The van der Waals surface area contributed by atoms with E-state index in [-0.39, 0.29) is 17.9 Å². The van der Waals surface area contributed by atoms with Crippen LogP contribution in [0.5, 0.6) is 0 Å². The Morgan fingerprint density at radius 3 is 2.35 bits per heavy atom. The number of nitrogens with one attached hydrogen (secondary N) is 1. The van der Waals surface area contributed by atoms with Crippen LogP contribution in [0.15, 0.2) is 0 Å². The maximum Gasteiger partial charge on any atom is 0.223 e. The van der Waals surface area contributed by atoms with Crippen molar-refractivity contribution in [2.24, 2.45) is 23.2 Å². The summed E-state index contributed by atoms with van der Waals surface area (Å²) in [6.07, 6.45) is 5.63. The van der Waals surface area contributed by atoms with Gasteiger partial charge in [0.05, 0.1) is 6.61 Å². The molecule has 2 aliphatic rings. The molecule has 2 rings (SSSR count). The smallest absolute Gasteiger partial charge is 0.223 e. The maximum atomic E-state index is 12.0. The number of fused-ring (bicyclic) bond motifs is 1. The Balaban J connectivity index is 1.80. The molecule has 0 aromatic carbocycles. The van der Waals surface area contributed by atoms with Crippen LogP contribution in [0, 0.1) is 23.2 Å². The van der Waals surface area contributed by atoms with Gasteiger partial charge in [-0.2, -0.15) is 0 Å². The zero-order valence-corrected chi connectivity index (χ0v) is 11.0. The first-order valence-electron chi connectivity index (χ1n) is 7.06. The molecule has 2 atom stereocenters. The van der Waals surface area contributed by atoms with Crippen LogP contribution >= 0.6 is 0 Å². The van der Waals surface area contributed by atoms with Crippen molar-refractivity contribution in [2.75, 3.05) is 13.2 Å². The number of carbonyl (C=O) groups is 1. The fourth-order valence-corrected chi connectivity index (χ4v) is 3.38. The van der Waals surface area contributed by atoms with Crippen LogP contribution in [0.2, 0.25) is 0 Å². The molecule has 2 aliphatic carbocycles. The number of hydrogen-bond acceptors (Lipinski definition) is 2. The summed E-state index contributed by atoms with van der Waals surface area (Å²) >= 11 is 0. The summed E-state index contributed by atoms with van der Waals surface area (Å²) in [5, 5.41) is 12.5. The van der Waals surface area contributed by atoms with E-state index >= 15 is 0 Å². The molecule has 0 radical (unpaired) electrons. The highest BCUT2D eigenvalue weighted by molar-refractivity contribution is 5.82. The van der Waals surface area contributed by atoms with E-state index in [1.807, 2.05) is 0 Å². The minimum absolute atomic E-state index is 0.111. The molecule has 98 valence electrons. The number of aliphatic hydroxyl groups excluding tert-OH is 1. The largest absolute Gasteiger partial charge is 0.396 e. The Morgan fingerprint density at radius 2 is 1.88 bits per heavy atom. The first kappa shape index (κ1) is 12.9. The summed E-state index contributed by atoms with van der Waals surface area (Å²) in [6, 6.07) is 0. The van der Waals surface area contributed by atoms with E-state index in [1.165, 1.54) is 19.3 Å². The van der Waals surface area contributed by atoms with Crippen LogP contribution in [0.4, 0.5) is 0 Å². The van der Waals surface area contributed by atoms with Gasteiger partial charge in [0.25, 0.3) is 0 Å². The summed E-state index contributed by atoms with van der Waals surface area (Å²) in [5.41, 5.74) is -0.111. The molecule has 2 fully saturated rings. The van der Waals surface area contributed by atoms with Gasteiger partial charge in [-0.05, 0) is 37.5 Å². The van der Waals surface area contributed by atoms with E-state index < -0.39 is 0 Å². The third-order valence-corrected chi connectivity index (χ3v) is 5.18. The summed E-state index contributed by atoms with van der Waals surface area (Å²) in [7, 11) is 0. The first-order valence-corrected chi connectivity index (χ1v) is 7.06. The molecule has 2 saturated carbocycles. The highest BCUT2D eigenvalue weighted by Gasteiger charge is 2.56. The fourth-order valence-electron chi connectivity index (χ4n) is 3.38. The van der Waals surface area contributed by atoms with Crippen molar-refractivity contribution in [3.8, 4) is 0 Å². The van der Waals surface area contributed by atoms with Crippen LogP contribution in [-0.4, -0.2) is 24.2 Å². The first-order chi connectivity index (χ1) is 8.17. The van der Waals surface area contributed by atoms with Crippen LogP contribution < -0.4 is 5.32 Å². The van der Waals surface area contributed by atoms with Gasteiger partial charge >= 0.3 is 0 Å². The van der Waals surface area contributed by atoms with Gasteiger partial charge in [0.15, 0.2) is 0 Å². The van der Waals surface area contributed by atoms with Crippen LogP contribution in [-0.2, 0) is 4.79 Å². The van der Waals surface area contributed by atoms with Crippen LogP contribution in [0.1, 0.15) is 46.0 Å². The molecule has 17 heavy (non-hydrogen) atoms. The quantitative estimate of drug-likeness (QED) is 0.744. The molecular formula is C14H25NO2. The van der Waals surface area contributed by atoms with E-state index in [4.69, 9.17) is 0 Å². The monoisotopic (exact) mass is 239 g/mol. The molecule has 0 heterocycles. The maximum absolute atomic E-state index is 12.0. The van der Waals surface area contributed by atoms with Gasteiger partial charge < -0.3 is 10.4 Å². The second-order valence-electron chi connectivity index (χ2n) is 5.87. The third kappa shape index (κ3) is 2.35. The van der Waals surface area contributed by atoms with E-state index in [9.17, 15) is 9.90 Å². The molecule has 0 spiro atoms. The molecule has 0 aromatic rings. The predicted octanol–water partition coefficient (Wildman–Crippen LogP) is 1.95. The average Bonchev–Trinajstić information content (AvgIpc) is 2.85. The molecule has 1 amide bonds. The van der Waals surface area contributed by atoms with Gasteiger partial charge in [-0.15, -0.1) is 0 Å². The normalized spacial score (nSPS) is 31.1. The van der Waals surface area contributed by atoms with Crippen LogP contribution in [0.25, 0.3) is 0 Å². The number of carbonyl (C=O) groups excluding carboxylic acids is 1. The Kier molecular flexibility index (Phi) is 3.76. The Labute approximate surface area is 104 Å². The predicted molar refractivity (Wildman–Crippen MR) is 67.4 cm³/mol. The molecule has 2 unspecified atom stereocenters. The van der Waals surface area contributed by atoms with Gasteiger partial charge in [0.1, 0.15) is 0 Å². The highest BCUT2D eigenvalue weighted by Crippen LogP contribution is 2.57. The standard InChI is InChI=1S/C14H25NO2/c1-3-14(4-2,9-16)8-15-13(17)12-10-6-5-7-11(10)12/h10-12,16H,3-9H2,1-2H3,(H,15,17). The summed E-state index contributed by atoms with van der Waals surface area (Å²) in [6.45, 7) is 4.96. The Hall–Kier alpha value is -0.570. The van der Waals surface area contributed by atoms with E-state index in [0.717, 1.165) is 12.8 Å². The van der Waals surface area contributed by atoms with Gasteiger partial charge in [-0.3, -0.25) is 4.79 Å². The number of aliphatic hydroxyl groups is 1.